The van der Waals surface area contributed by atoms with Crippen LogP contribution in [0.3, 0.4) is 0 Å². The minimum absolute atomic E-state index is 0.136. The highest BCUT2D eigenvalue weighted by molar-refractivity contribution is 7.92. The summed E-state index contributed by atoms with van der Waals surface area (Å²) in [4.78, 5) is 36.3. The van der Waals surface area contributed by atoms with Gasteiger partial charge in [0.2, 0.25) is 10.0 Å². The molecule has 4 aromatic rings. The van der Waals surface area contributed by atoms with Crippen LogP contribution in [0.15, 0.2) is 48.8 Å². The van der Waals surface area contributed by atoms with E-state index in [4.69, 9.17) is 19.6 Å². The van der Waals surface area contributed by atoms with Gasteiger partial charge in [0, 0.05) is 29.9 Å². The molecule has 2 N–H and O–H groups in total. The second-order valence-electron chi connectivity index (χ2n) is 10.8. The Morgan fingerprint density at radius 3 is 2.52 bits per heavy atom. The number of aryl methyl sites for hydroxylation is 1. The molecule has 0 unspecified atom stereocenters. The molecule has 12 nitrogen and oxygen atoms in total. The number of imidazole rings is 1. The maximum atomic E-state index is 13.4. The number of aromatic nitrogens is 4. The minimum atomic E-state index is -3.73. The van der Waals surface area contributed by atoms with E-state index in [1.807, 2.05) is 22.8 Å². The number of hydrogen-bond acceptors (Lipinski definition) is 9. The lowest BCUT2D eigenvalue weighted by molar-refractivity contribution is -0.160. The van der Waals surface area contributed by atoms with E-state index in [0.29, 0.717) is 35.3 Å². The SMILES string of the molecule is CC(C)(OC(=O)CCC(=O)O)c1ncc(-c2ccc3nc4n(c3c2)[C@@H](c2c(NS(C)(=O)=O)cccc2OC(F)F)CC4)cn1. The first kappa shape index (κ1) is 30.8. The molecule has 0 radical (unpaired) electrons. The summed E-state index contributed by atoms with van der Waals surface area (Å²) in [6, 6.07) is 9.27. The van der Waals surface area contributed by atoms with Crippen molar-refractivity contribution < 1.29 is 41.4 Å². The number of esters is 1. The average Bonchev–Trinajstić information content (AvgIpc) is 3.50. The maximum absolute atomic E-state index is 13.4. The molecule has 0 saturated carbocycles. The summed E-state index contributed by atoms with van der Waals surface area (Å²) < 4.78 is 65.6. The number of sulfonamides is 1. The number of rotatable bonds is 11. The summed E-state index contributed by atoms with van der Waals surface area (Å²) in [5.74, 6) is -1.01. The lowest BCUT2D eigenvalue weighted by atomic mass is 10.0. The molecule has 1 aliphatic heterocycles. The number of halogens is 2. The third kappa shape index (κ3) is 6.61. The molecule has 1 atom stereocenters. The summed E-state index contributed by atoms with van der Waals surface area (Å²) >= 11 is 0. The van der Waals surface area contributed by atoms with Gasteiger partial charge in [0.25, 0.3) is 0 Å². The van der Waals surface area contributed by atoms with Gasteiger partial charge in [-0.3, -0.25) is 14.3 Å². The van der Waals surface area contributed by atoms with Gasteiger partial charge in [-0.1, -0.05) is 12.1 Å². The van der Waals surface area contributed by atoms with Gasteiger partial charge in [0.05, 0.1) is 41.9 Å². The van der Waals surface area contributed by atoms with Crippen molar-refractivity contribution in [2.45, 2.75) is 57.8 Å². The number of anilines is 1. The number of benzene rings is 2. The van der Waals surface area contributed by atoms with Gasteiger partial charge in [-0.25, -0.2) is 23.4 Å². The molecule has 1 aliphatic rings. The fraction of sp³-hybridized carbons (Fsp3) is 0.345. The van der Waals surface area contributed by atoms with Crippen molar-refractivity contribution in [2.75, 3.05) is 11.0 Å². The first-order valence-electron chi connectivity index (χ1n) is 13.5. The van der Waals surface area contributed by atoms with Gasteiger partial charge in [0.1, 0.15) is 11.6 Å². The largest absolute Gasteiger partial charge is 0.481 e. The molecule has 0 aliphatic carbocycles. The Labute approximate surface area is 251 Å². The zero-order chi connectivity index (χ0) is 31.8. The summed E-state index contributed by atoms with van der Waals surface area (Å²) in [7, 11) is -3.73. The number of nitrogens with zero attached hydrogens (tertiary/aromatic N) is 4. The van der Waals surface area contributed by atoms with E-state index < -0.39 is 40.2 Å². The van der Waals surface area contributed by atoms with Crippen LogP contribution in [0.2, 0.25) is 0 Å². The third-order valence-corrected chi connectivity index (χ3v) is 7.65. The topological polar surface area (TPSA) is 163 Å². The fourth-order valence-corrected chi connectivity index (χ4v) is 5.85. The maximum Gasteiger partial charge on any atom is 0.387 e. The smallest absolute Gasteiger partial charge is 0.387 e. The monoisotopic (exact) mass is 629 g/mol. The normalized spacial score (nSPS) is 14.9. The fourth-order valence-electron chi connectivity index (χ4n) is 5.27. The van der Waals surface area contributed by atoms with Crippen LogP contribution in [0.1, 0.15) is 56.4 Å². The highest BCUT2D eigenvalue weighted by Gasteiger charge is 2.33. The number of ether oxygens (including phenoxy) is 2. The van der Waals surface area contributed by atoms with Gasteiger partial charge in [-0.05, 0) is 50.1 Å². The Morgan fingerprint density at radius 2 is 1.86 bits per heavy atom. The van der Waals surface area contributed by atoms with Gasteiger partial charge in [-0.2, -0.15) is 8.78 Å². The van der Waals surface area contributed by atoms with Crippen LogP contribution in [0.5, 0.6) is 5.75 Å². The van der Waals surface area contributed by atoms with E-state index in [9.17, 15) is 26.8 Å². The van der Waals surface area contributed by atoms with Crippen molar-refractivity contribution in [3.05, 3.63) is 66.0 Å². The Hall–Kier alpha value is -4.66. The van der Waals surface area contributed by atoms with E-state index in [2.05, 4.69) is 14.7 Å². The van der Waals surface area contributed by atoms with Crippen molar-refractivity contribution in [1.82, 2.24) is 19.5 Å². The summed E-state index contributed by atoms with van der Waals surface area (Å²) in [6.45, 7) is 0.0889. The van der Waals surface area contributed by atoms with Crippen LogP contribution in [-0.2, 0) is 36.4 Å². The zero-order valence-corrected chi connectivity index (χ0v) is 24.8. The molecular weight excluding hydrogens is 600 g/mol. The van der Waals surface area contributed by atoms with E-state index in [1.54, 1.807) is 26.2 Å². The molecule has 5 rings (SSSR count). The quantitative estimate of drug-likeness (QED) is 0.223. The Bertz CT molecular complexity index is 1840. The first-order valence-corrected chi connectivity index (χ1v) is 15.4. The molecule has 2 aromatic heterocycles. The number of nitrogens with one attached hydrogen (secondary N) is 1. The van der Waals surface area contributed by atoms with Gasteiger partial charge in [-0.15, -0.1) is 0 Å². The third-order valence-electron chi connectivity index (χ3n) is 7.06. The second kappa shape index (κ2) is 11.8. The summed E-state index contributed by atoms with van der Waals surface area (Å²) in [5.41, 5.74) is 1.91. The van der Waals surface area contributed by atoms with Gasteiger partial charge in [0.15, 0.2) is 11.4 Å². The van der Waals surface area contributed by atoms with Gasteiger partial charge >= 0.3 is 18.6 Å². The van der Waals surface area contributed by atoms with E-state index in [0.717, 1.165) is 11.8 Å². The van der Waals surface area contributed by atoms with Crippen molar-refractivity contribution >= 4 is 38.7 Å². The summed E-state index contributed by atoms with van der Waals surface area (Å²) in [6.07, 6.45) is 4.48. The molecular formula is C29H29F2N5O7S. The number of carbonyl (C=O) groups is 2. The number of aliphatic carboxylic acids is 1. The van der Waals surface area contributed by atoms with Crippen LogP contribution in [0.4, 0.5) is 14.5 Å². The second-order valence-corrected chi connectivity index (χ2v) is 12.5. The zero-order valence-electron chi connectivity index (χ0n) is 24.0. The number of carboxylic acid groups (broad SMARTS) is 1. The van der Waals surface area contributed by atoms with Crippen LogP contribution in [0, 0.1) is 0 Å². The molecule has 232 valence electrons. The predicted octanol–water partition coefficient (Wildman–Crippen LogP) is 4.64. The number of fused-ring (bicyclic) bond motifs is 3. The highest BCUT2D eigenvalue weighted by Crippen LogP contribution is 2.44. The lowest BCUT2D eigenvalue weighted by Gasteiger charge is -2.23. The molecule has 0 spiro atoms. The van der Waals surface area contributed by atoms with Crippen LogP contribution >= 0.6 is 0 Å². The molecule has 3 heterocycles. The number of carboxylic acids is 1. The number of carbonyl (C=O) groups excluding carboxylic acids is 1. The number of hydrogen-bond donors (Lipinski definition) is 2. The molecule has 0 bridgehead atoms. The molecule has 2 aromatic carbocycles. The minimum Gasteiger partial charge on any atom is -0.481 e. The van der Waals surface area contributed by atoms with Crippen LogP contribution in [-0.4, -0.2) is 57.8 Å². The lowest BCUT2D eigenvalue weighted by Crippen LogP contribution is -2.28. The van der Waals surface area contributed by atoms with E-state index in [-0.39, 0.29) is 35.7 Å². The molecule has 44 heavy (non-hydrogen) atoms. The van der Waals surface area contributed by atoms with Crippen molar-refractivity contribution in [2.24, 2.45) is 0 Å². The molecule has 0 fully saturated rings. The van der Waals surface area contributed by atoms with Crippen molar-refractivity contribution in [1.29, 1.82) is 0 Å². The number of alkyl halides is 2. The standard InChI is InChI=1S/C29H29F2N5O7S/c1-29(2,43-25(39)12-11-24(37)38)27-32-14-17(15-33-27)16-7-8-18-21(13-16)36-20(9-10-23(36)34-18)26-19(35-44(3,40)41)5-4-6-22(26)42-28(30)31/h4-8,13-15,20,28,35H,9-12H2,1-3H3,(H,37,38)/t20-/m1/s1. The Balaban J connectivity index is 1.49. The van der Waals surface area contributed by atoms with Gasteiger partial charge < -0.3 is 19.1 Å². The van der Waals surface area contributed by atoms with E-state index >= 15 is 0 Å². The molecule has 0 amide bonds. The van der Waals surface area contributed by atoms with Crippen molar-refractivity contribution in [3.63, 3.8) is 0 Å². The Morgan fingerprint density at radius 1 is 1.14 bits per heavy atom. The van der Waals surface area contributed by atoms with Crippen LogP contribution < -0.4 is 9.46 Å². The Kier molecular flexibility index (Phi) is 8.25. The van der Waals surface area contributed by atoms with Crippen molar-refractivity contribution in [3.8, 4) is 16.9 Å². The molecule has 0 saturated heterocycles. The first-order chi connectivity index (χ1) is 20.7. The van der Waals surface area contributed by atoms with E-state index in [1.165, 1.54) is 18.2 Å². The summed E-state index contributed by atoms with van der Waals surface area (Å²) in [5, 5.41) is 8.79. The predicted molar refractivity (Wildman–Crippen MR) is 155 cm³/mol. The molecule has 15 heteroatoms. The highest BCUT2D eigenvalue weighted by atomic mass is 32.2. The van der Waals surface area contributed by atoms with Crippen LogP contribution in [0.25, 0.3) is 22.2 Å². The average molecular weight is 630 g/mol.